The van der Waals surface area contributed by atoms with Crippen LogP contribution in [-0.2, 0) is 12.7 Å². The number of rotatable bonds is 5. The Bertz CT molecular complexity index is 966. The molecule has 0 aliphatic carbocycles. The molecule has 0 bridgehead atoms. The number of nitrogens with zero attached hydrogens (tertiary/aromatic N) is 2. The van der Waals surface area contributed by atoms with E-state index < -0.39 is 17.9 Å². The minimum atomic E-state index is -4.52. The fourth-order valence-electron chi connectivity index (χ4n) is 2.90. The Kier molecular flexibility index (Phi) is 5.07. The minimum Gasteiger partial charge on any atom is -0.497 e. The lowest BCUT2D eigenvalue weighted by molar-refractivity contribution is -0.143. The predicted molar refractivity (Wildman–Crippen MR) is 94.7 cm³/mol. The molecule has 1 amide bonds. The van der Waals surface area contributed by atoms with E-state index in [1.165, 1.54) is 13.3 Å². The Morgan fingerprint density at radius 3 is 2.74 bits per heavy atom. The summed E-state index contributed by atoms with van der Waals surface area (Å²) >= 11 is 0. The van der Waals surface area contributed by atoms with E-state index in [0.29, 0.717) is 16.7 Å². The van der Waals surface area contributed by atoms with E-state index >= 15 is 0 Å². The third-order valence-electron chi connectivity index (χ3n) is 4.11. The van der Waals surface area contributed by atoms with Crippen molar-refractivity contribution >= 4 is 16.9 Å². The first-order valence-electron chi connectivity index (χ1n) is 8.26. The molecule has 0 spiro atoms. The highest BCUT2D eigenvalue weighted by Crippen LogP contribution is 2.33. The number of aromatic nitrogens is 2. The van der Waals surface area contributed by atoms with Crippen molar-refractivity contribution in [3.05, 3.63) is 59.9 Å². The number of benzene rings is 1. The van der Waals surface area contributed by atoms with E-state index in [0.717, 1.165) is 10.6 Å². The van der Waals surface area contributed by atoms with E-state index in [4.69, 9.17) is 4.74 Å². The number of alkyl halides is 3. The van der Waals surface area contributed by atoms with Crippen molar-refractivity contribution in [2.24, 2.45) is 0 Å². The van der Waals surface area contributed by atoms with Crippen LogP contribution < -0.4 is 10.1 Å². The lowest BCUT2D eigenvalue weighted by atomic mass is 10.2. The van der Waals surface area contributed by atoms with Gasteiger partial charge in [0.05, 0.1) is 7.11 Å². The van der Waals surface area contributed by atoms with Gasteiger partial charge in [0.25, 0.3) is 5.91 Å². The molecule has 0 saturated heterocycles. The van der Waals surface area contributed by atoms with Crippen LogP contribution >= 0.6 is 0 Å². The molecule has 0 radical (unpaired) electrons. The van der Waals surface area contributed by atoms with Gasteiger partial charge in [-0.2, -0.15) is 13.2 Å². The van der Waals surface area contributed by atoms with E-state index in [2.05, 4.69) is 10.3 Å². The highest BCUT2D eigenvalue weighted by Gasteiger charge is 2.36. The van der Waals surface area contributed by atoms with Gasteiger partial charge in [0.1, 0.15) is 17.1 Å². The molecular weight excluding hydrogens is 359 g/mol. The van der Waals surface area contributed by atoms with E-state index in [9.17, 15) is 18.0 Å². The summed E-state index contributed by atoms with van der Waals surface area (Å²) in [4.78, 5) is 16.4. The number of hydrogen-bond acceptors (Lipinski definition) is 3. The molecule has 2 aromatic heterocycles. The van der Waals surface area contributed by atoms with Crippen LogP contribution in [0.1, 0.15) is 23.0 Å². The largest absolute Gasteiger partial charge is 0.497 e. The summed E-state index contributed by atoms with van der Waals surface area (Å²) in [6, 6.07) is 10.2. The van der Waals surface area contributed by atoms with Crippen LogP contribution in [0.25, 0.3) is 11.0 Å². The van der Waals surface area contributed by atoms with Crippen molar-refractivity contribution in [2.75, 3.05) is 7.11 Å². The highest BCUT2D eigenvalue weighted by atomic mass is 19.4. The molecule has 1 aromatic carbocycles. The lowest BCUT2D eigenvalue weighted by Crippen LogP contribution is -2.36. The second kappa shape index (κ2) is 7.30. The summed E-state index contributed by atoms with van der Waals surface area (Å²) in [7, 11) is 1.49. The molecule has 0 saturated carbocycles. The quantitative estimate of drug-likeness (QED) is 0.734. The van der Waals surface area contributed by atoms with E-state index in [1.807, 2.05) is 0 Å². The number of fused-ring (bicyclic) bond motifs is 1. The van der Waals surface area contributed by atoms with Gasteiger partial charge in [-0.15, -0.1) is 0 Å². The third kappa shape index (κ3) is 4.05. The first kappa shape index (κ1) is 18.8. The van der Waals surface area contributed by atoms with Crippen molar-refractivity contribution in [2.45, 2.75) is 25.7 Å². The fraction of sp³-hybridized carbons (Fsp3) is 0.263. The molecule has 3 rings (SSSR count). The average Bonchev–Trinajstić information content (AvgIpc) is 3.00. The zero-order valence-corrected chi connectivity index (χ0v) is 14.7. The lowest BCUT2D eigenvalue weighted by Gasteiger charge is -2.18. The fourth-order valence-corrected chi connectivity index (χ4v) is 2.90. The second-order valence-corrected chi connectivity index (χ2v) is 6.16. The number of nitrogens with one attached hydrogen (secondary N) is 1. The number of halogens is 3. The Morgan fingerprint density at radius 2 is 2.04 bits per heavy atom. The molecule has 3 aromatic rings. The van der Waals surface area contributed by atoms with Crippen molar-refractivity contribution in [3.8, 4) is 5.75 Å². The molecule has 0 aliphatic rings. The van der Waals surface area contributed by atoms with Gasteiger partial charge >= 0.3 is 6.18 Å². The standard InChI is InChI=1S/C19H18F3N3O2/c1-12(24-18(26)14-5-3-7-15(9-14)27-2)11-25-16(19(20,21)22)10-13-6-4-8-23-17(13)25/h3-10,12H,11H2,1-2H3,(H,24,26)/t12-/m0/s1. The summed E-state index contributed by atoms with van der Waals surface area (Å²) in [5.41, 5.74) is -0.196. The monoisotopic (exact) mass is 377 g/mol. The summed E-state index contributed by atoms with van der Waals surface area (Å²) in [6.07, 6.45) is -3.07. The molecule has 2 heterocycles. The zero-order chi connectivity index (χ0) is 19.6. The van der Waals surface area contributed by atoms with Crippen molar-refractivity contribution in [1.29, 1.82) is 0 Å². The van der Waals surface area contributed by atoms with Gasteiger partial charge in [-0.1, -0.05) is 6.07 Å². The van der Waals surface area contributed by atoms with Crippen LogP contribution in [0.2, 0.25) is 0 Å². The van der Waals surface area contributed by atoms with Crippen LogP contribution in [0.4, 0.5) is 13.2 Å². The van der Waals surface area contributed by atoms with Crippen molar-refractivity contribution < 1.29 is 22.7 Å². The summed E-state index contributed by atoms with van der Waals surface area (Å²) in [5.74, 6) is 0.134. The maximum Gasteiger partial charge on any atom is 0.431 e. The van der Waals surface area contributed by atoms with Gasteiger partial charge in [0.2, 0.25) is 0 Å². The number of pyridine rings is 1. The molecule has 0 aliphatic heterocycles. The van der Waals surface area contributed by atoms with Gasteiger partial charge in [0.15, 0.2) is 0 Å². The average molecular weight is 377 g/mol. The van der Waals surface area contributed by atoms with E-state index in [-0.39, 0.29) is 18.1 Å². The number of carbonyl (C=O) groups excluding carboxylic acids is 1. The highest BCUT2D eigenvalue weighted by molar-refractivity contribution is 5.94. The molecule has 5 nitrogen and oxygen atoms in total. The SMILES string of the molecule is COc1cccc(C(=O)N[C@@H](C)Cn2c(C(F)(F)F)cc3cccnc32)c1. The van der Waals surface area contributed by atoms with Crippen LogP contribution in [0.3, 0.4) is 0 Å². The van der Waals surface area contributed by atoms with Crippen LogP contribution in [-0.4, -0.2) is 28.6 Å². The zero-order valence-electron chi connectivity index (χ0n) is 14.7. The topological polar surface area (TPSA) is 56.1 Å². The Morgan fingerprint density at radius 1 is 1.26 bits per heavy atom. The minimum absolute atomic E-state index is 0.0644. The first-order valence-corrected chi connectivity index (χ1v) is 8.26. The Hall–Kier alpha value is -3.03. The third-order valence-corrected chi connectivity index (χ3v) is 4.11. The Balaban J connectivity index is 1.83. The predicted octanol–water partition coefficient (Wildman–Crippen LogP) is 3.88. The van der Waals surface area contributed by atoms with Gasteiger partial charge in [-0.05, 0) is 43.3 Å². The van der Waals surface area contributed by atoms with Crippen molar-refractivity contribution in [3.63, 3.8) is 0 Å². The smallest absolute Gasteiger partial charge is 0.431 e. The summed E-state index contributed by atoms with van der Waals surface area (Å²) in [6.45, 7) is 1.58. The van der Waals surface area contributed by atoms with Gasteiger partial charge in [-0.3, -0.25) is 4.79 Å². The maximum atomic E-state index is 13.4. The number of amides is 1. The molecular formula is C19H18F3N3O2. The van der Waals surface area contributed by atoms with Gasteiger partial charge in [-0.25, -0.2) is 4.98 Å². The maximum absolute atomic E-state index is 13.4. The summed E-state index contributed by atoms with van der Waals surface area (Å²) < 4.78 is 46.4. The number of methoxy groups -OCH3 is 1. The number of hydrogen-bond donors (Lipinski definition) is 1. The van der Waals surface area contributed by atoms with Crippen molar-refractivity contribution in [1.82, 2.24) is 14.9 Å². The van der Waals surface area contributed by atoms with E-state index in [1.54, 1.807) is 43.3 Å². The summed E-state index contributed by atoms with van der Waals surface area (Å²) in [5, 5.41) is 3.12. The van der Waals surface area contributed by atoms with Crippen LogP contribution in [0.15, 0.2) is 48.7 Å². The number of ether oxygens (including phenoxy) is 1. The number of carbonyl (C=O) groups is 1. The normalized spacial score (nSPS) is 12.8. The van der Waals surface area contributed by atoms with Crippen LogP contribution in [0, 0.1) is 0 Å². The molecule has 1 atom stereocenters. The second-order valence-electron chi connectivity index (χ2n) is 6.16. The Labute approximate surface area is 153 Å². The van der Waals surface area contributed by atoms with Gasteiger partial charge in [0, 0.05) is 29.7 Å². The molecule has 0 fully saturated rings. The van der Waals surface area contributed by atoms with Gasteiger partial charge < -0.3 is 14.6 Å². The molecule has 8 heteroatoms. The molecule has 0 unspecified atom stereocenters. The molecule has 142 valence electrons. The first-order chi connectivity index (χ1) is 12.8. The molecule has 27 heavy (non-hydrogen) atoms. The van der Waals surface area contributed by atoms with Crippen LogP contribution in [0.5, 0.6) is 5.75 Å². The molecule has 1 N–H and O–H groups in total.